The molecule has 0 spiro atoms. The number of hydrogen-bond donors (Lipinski definition) is 0. The lowest BCUT2D eigenvalue weighted by Crippen LogP contribution is -2.27. The summed E-state index contributed by atoms with van der Waals surface area (Å²) in [5, 5.41) is 0. The molecule has 0 unspecified atom stereocenters. The lowest BCUT2D eigenvalue weighted by Gasteiger charge is -2.16. The average molecular weight is 446 g/mol. The Kier molecular flexibility index (Phi) is 6.90. The van der Waals surface area contributed by atoms with Crippen molar-refractivity contribution in [1.82, 2.24) is 8.87 Å². The summed E-state index contributed by atoms with van der Waals surface area (Å²) in [5.41, 5.74) is 2.57. The van der Waals surface area contributed by atoms with E-state index in [-0.39, 0.29) is 10.8 Å². The summed E-state index contributed by atoms with van der Waals surface area (Å²) >= 11 is 1.48. The highest BCUT2D eigenvalue weighted by Gasteiger charge is 2.20. The summed E-state index contributed by atoms with van der Waals surface area (Å²) in [6.45, 7) is 7.25. The van der Waals surface area contributed by atoms with Crippen molar-refractivity contribution in [2.45, 2.75) is 45.1 Å². The van der Waals surface area contributed by atoms with E-state index in [0.29, 0.717) is 23.5 Å². The second-order valence-electron chi connectivity index (χ2n) is 7.22. The summed E-state index contributed by atoms with van der Waals surface area (Å²) < 4.78 is 29.7. The quantitative estimate of drug-likeness (QED) is 0.547. The molecule has 8 heteroatoms. The maximum atomic E-state index is 12.7. The summed E-state index contributed by atoms with van der Waals surface area (Å²) in [6.07, 6.45) is 1.72. The number of rotatable bonds is 7. The predicted molar refractivity (Wildman–Crippen MR) is 121 cm³/mol. The van der Waals surface area contributed by atoms with Gasteiger partial charge in [0, 0.05) is 25.7 Å². The van der Waals surface area contributed by atoms with Crippen LogP contribution < -0.4 is 4.80 Å². The number of nitrogens with zero attached hydrogens (tertiary/aromatic N) is 3. The number of thiazole rings is 1. The second kappa shape index (κ2) is 9.24. The molecule has 0 aliphatic carbocycles. The number of aromatic nitrogens is 1. The van der Waals surface area contributed by atoms with Gasteiger partial charge in [0.1, 0.15) is 0 Å². The molecule has 1 amide bonds. The first-order valence-electron chi connectivity index (χ1n) is 10.0. The van der Waals surface area contributed by atoms with Crippen molar-refractivity contribution in [2.24, 2.45) is 4.99 Å². The van der Waals surface area contributed by atoms with Crippen LogP contribution in [0.4, 0.5) is 0 Å². The number of unbranched alkanes of at least 4 members (excludes halogenated alkanes) is 1. The van der Waals surface area contributed by atoms with E-state index in [1.165, 1.54) is 39.9 Å². The molecule has 0 saturated carbocycles. The highest BCUT2D eigenvalue weighted by atomic mass is 32.2. The third kappa shape index (κ3) is 4.55. The molecule has 0 radical (unpaired) electrons. The molecule has 0 atom stereocenters. The molecule has 0 saturated heterocycles. The molecule has 0 aliphatic heterocycles. The van der Waals surface area contributed by atoms with Gasteiger partial charge < -0.3 is 4.57 Å². The number of carbonyl (C=O) groups is 1. The van der Waals surface area contributed by atoms with Gasteiger partial charge in [0.2, 0.25) is 10.0 Å². The third-order valence-corrected chi connectivity index (χ3v) is 7.90. The molecule has 1 aromatic heterocycles. The Labute approximate surface area is 181 Å². The van der Waals surface area contributed by atoms with Crippen molar-refractivity contribution >= 4 is 37.5 Å². The van der Waals surface area contributed by atoms with Crippen molar-refractivity contribution in [1.29, 1.82) is 0 Å². The van der Waals surface area contributed by atoms with Gasteiger partial charge in [0.25, 0.3) is 5.91 Å². The van der Waals surface area contributed by atoms with Gasteiger partial charge in [-0.3, -0.25) is 4.79 Å². The number of fused-ring (bicyclic) bond motifs is 1. The molecule has 0 N–H and O–H groups in total. The first kappa shape index (κ1) is 22.4. The first-order valence-corrected chi connectivity index (χ1v) is 12.3. The smallest absolute Gasteiger partial charge is 0.279 e. The van der Waals surface area contributed by atoms with Gasteiger partial charge in [-0.1, -0.05) is 30.7 Å². The number of aryl methyl sites for hydroxylation is 2. The Hall–Kier alpha value is -2.29. The zero-order chi connectivity index (χ0) is 21.9. The number of hydrogen-bond acceptors (Lipinski definition) is 4. The summed E-state index contributed by atoms with van der Waals surface area (Å²) in [6, 6.07) is 12.2. The van der Waals surface area contributed by atoms with E-state index in [0.717, 1.165) is 28.6 Å². The Balaban J connectivity index is 1.91. The van der Waals surface area contributed by atoms with E-state index >= 15 is 0 Å². The molecular weight excluding hydrogens is 418 g/mol. The fourth-order valence-electron chi connectivity index (χ4n) is 3.17. The van der Waals surface area contributed by atoms with Crippen LogP contribution in [0.15, 0.2) is 52.4 Å². The Morgan fingerprint density at radius 1 is 1.13 bits per heavy atom. The van der Waals surface area contributed by atoms with Crippen molar-refractivity contribution in [3.63, 3.8) is 0 Å². The van der Waals surface area contributed by atoms with Crippen molar-refractivity contribution < 1.29 is 13.2 Å². The number of carbonyl (C=O) groups excluding carboxylic acids is 1. The maximum Gasteiger partial charge on any atom is 0.279 e. The molecule has 2 aromatic carbocycles. The van der Waals surface area contributed by atoms with Crippen LogP contribution in [-0.2, 0) is 16.6 Å². The van der Waals surface area contributed by atoms with Gasteiger partial charge in [0.05, 0.1) is 15.1 Å². The highest BCUT2D eigenvalue weighted by Crippen LogP contribution is 2.20. The van der Waals surface area contributed by atoms with Crippen molar-refractivity contribution in [3.05, 3.63) is 58.4 Å². The molecule has 3 rings (SSSR count). The second-order valence-corrected chi connectivity index (χ2v) is 10.3. The monoisotopic (exact) mass is 445 g/mol. The fourth-order valence-corrected chi connectivity index (χ4v) is 5.57. The molecule has 0 fully saturated rings. The molecule has 30 heavy (non-hydrogen) atoms. The van der Waals surface area contributed by atoms with Gasteiger partial charge in [-0.2, -0.15) is 4.99 Å². The topological polar surface area (TPSA) is 71.7 Å². The minimum atomic E-state index is -3.56. The van der Waals surface area contributed by atoms with Crippen molar-refractivity contribution in [3.8, 4) is 0 Å². The van der Waals surface area contributed by atoms with Crippen LogP contribution in [0.3, 0.4) is 0 Å². The van der Waals surface area contributed by atoms with Crippen LogP contribution in [-0.4, -0.2) is 36.8 Å². The Morgan fingerprint density at radius 3 is 2.47 bits per heavy atom. The number of sulfonamides is 1. The Morgan fingerprint density at radius 2 is 1.83 bits per heavy atom. The molecular formula is C22H27N3O3S2. The molecule has 0 bridgehead atoms. The SMILES string of the molecule is CCCCN(C)S(=O)(=O)c1ccc(C(=O)N=c2sc3cc(C)ccc3n2CC)cc1. The number of amides is 1. The van der Waals surface area contributed by atoms with Crippen LogP contribution in [0.1, 0.15) is 42.6 Å². The van der Waals surface area contributed by atoms with Crippen LogP contribution >= 0.6 is 11.3 Å². The van der Waals surface area contributed by atoms with Crippen LogP contribution in [0.5, 0.6) is 0 Å². The van der Waals surface area contributed by atoms with Crippen LogP contribution in [0, 0.1) is 6.92 Å². The van der Waals surface area contributed by atoms with E-state index in [4.69, 9.17) is 0 Å². The molecule has 0 aliphatic rings. The van der Waals surface area contributed by atoms with Gasteiger partial charge >= 0.3 is 0 Å². The van der Waals surface area contributed by atoms with Gasteiger partial charge in [-0.05, 0) is 62.2 Å². The van der Waals surface area contributed by atoms with Crippen LogP contribution in [0.2, 0.25) is 0 Å². The predicted octanol–water partition coefficient (Wildman–Crippen LogP) is 4.19. The summed E-state index contributed by atoms with van der Waals surface area (Å²) in [7, 11) is -1.98. The van der Waals surface area contributed by atoms with E-state index in [9.17, 15) is 13.2 Å². The van der Waals surface area contributed by atoms with E-state index < -0.39 is 10.0 Å². The zero-order valence-electron chi connectivity index (χ0n) is 17.8. The average Bonchev–Trinajstić information content (AvgIpc) is 3.07. The van der Waals surface area contributed by atoms with E-state index in [1.54, 1.807) is 7.05 Å². The van der Waals surface area contributed by atoms with Gasteiger partial charge in [-0.25, -0.2) is 12.7 Å². The van der Waals surface area contributed by atoms with Crippen LogP contribution in [0.25, 0.3) is 10.2 Å². The normalized spacial score (nSPS) is 12.8. The third-order valence-electron chi connectivity index (χ3n) is 4.99. The summed E-state index contributed by atoms with van der Waals surface area (Å²) in [5.74, 6) is -0.385. The lowest BCUT2D eigenvalue weighted by atomic mass is 10.2. The Bertz CT molecular complexity index is 1220. The van der Waals surface area contributed by atoms with Gasteiger partial charge in [0.15, 0.2) is 4.80 Å². The largest absolute Gasteiger partial charge is 0.317 e. The zero-order valence-corrected chi connectivity index (χ0v) is 19.4. The van der Waals surface area contributed by atoms with E-state index in [2.05, 4.69) is 11.1 Å². The molecule has 1 heterocycles. The molecule has 3 aromatic rings. The first-order chi connectivity index (χ1) is 14.3. The molecule has 6 nitrogen and oxygen atoms in total. The number of benzene rings is 2. The highest BCUT2D eigenvalue weighted by molar-refractivity contribution is 7.89. The van der Waals surface area contributed by atoms with E-state index in [1.807, 2.05) is 37.5 Å². The lowest BCUT2D eigenvalue weighted by molar-refractivity contribution is 0.0997. The summed E-state index contributed by atoms with van der Waals surface area (Å²) in [4.78, 5) is 17.9. The minimum Gasteiger partial charge on any atom is -0.317 e. The maximum absolute atomic E-state index is 12.7. The van der Waals surface area contributed by atoms with Gasteiger partial charge in [-0.15, -0.1) is 0 Å². The van der Waals surface area contributed by atoms with Crippen molar-refractivity contribution in [2.75, 3.05) is 13.6 Å². The fraction of sp³-hybridized carbons (Fsp3) is 0.364. The standard InChI is InChI=1S/C22H27N3O3S2/c1-5-7-14-24(4)30(27,28)18-11-9-17(10-12-18)21(26)23-22-25(6-2)19-13-8-16(3)15-20(19)29-22/h8-13,15H,5-7,14H2,1-4H3. The minimum absolute atomic E-state index is 0.179. The molecule has 160 valence electrons.